The Hall–Kier alpha value is -3.47. The predicted molar refractivity (Wildman–Crippen MR) is 110 cm³/mol. The van der Waals surface area contributed by atoms with Gasteiger partial charge in [-0.2, -0.15) is 0 Å². The van der Waals surface area contributed by atoms with Crippen LogP contribution < -0.4 is 14.2 Å². The Morgan fingerprint density at radius 1 is 0.786 bits per heavy atom. The highest BCUT2D eigenvalue weighted by atomic mass is 16.5. The normalized spacial score (nSPS) is 10.8. The molecule has 0 aliphatic rings. The molecule has 0 aromatic heterocycles. The number of para-hydroxylation sites is 1. The topological polar surface area (TPSA) is 60.3 Å². The molecule has 0 unspecified atom stereocenters. The van der Waals surface area contributed by atoms with Gasteiger partial charge in [0.15, 0.2) is 11.5 Å². The van der Waals surface area contributed by atoms with Gasteiger partial charge in [0.1, 0.15) is 19.0 Å². The molecular weight excluding hydrogens is 354 g/mol. The molecular formula is C23H23NO4. The molecule has 3 aromatic carbocycles. The molecule has 3 rings (SSSR count). The molecule has 0 saturated carbocycles. The van der Waals surface area contributed by atoms with Crippen molar-refractivity contribution in [1.29, 1.82) is 0 Å². The van der Waals surface area contributed by atoms with Crippen LogP contribution in [0, 0.1) is 0 Å². The Labute approximate surface area is 164 Å². The van der Waals surface area contributed by atoms with Crippen molar-refractivity contribution in [3.8, 4) is 28.4 Å². The zero-order chi connectivity index (χ0) is 19.6. The van der Waals surface area contributed by atoms with E-state index < -0.39 is 0 Å². The van der Waals surface area contributed by atoms with Gasteiger partial charge in [-0.3, -0.25) is 0 Å². The highest BCUT2D eigenvalue weighted by Crippen LogP contribution is 2.30. The zero-order valence-corrected chi connectivity index (χ0v) is 15.7. The number of hydrogen-bond donors (Lipinski definition) is 1. The molecule has 0 bridgehead atoms. The van der Waals surface area contributed by atoms with Crippen molar-refractivity contribution in [2.75, 3.05) is 19.8 Å². The predicted octanol–water partition coefficient (Wildman–Crippen LogP) is 5.02. The summed E-state index contributed by atoms with van der Waals surface area (Å²) in [6.45, 7) is 3.18. The molecule has 0 radical (unpaired) electrons. The number of hydrogen-bond acceptors (Lipinski definition) is 5. The van der Waals surface area contributed by atoms with E-state index in [1.165, 1.54) is 6.21 Å². The van der Waals surface area contributed by atoms with Gasteiger partial charge in [0.2, 0.25) is 0 Å². The van der Waals surface area contributed by atoms with E-state index in [1.807, 2.05) is 49.4 Å². The minimum atomic E-state index is 0.372. The number of rotatable bonds is 9. The van der Waals surface area contributed by atoms with E-state index in [4.69, 9.17) is 19.4 Å². The van der Waals surface area contributed by atoms with Crippen LogP contribution in [0.15, 0.2) is 78.0 Å². The largest absolute Gasteiger partial charge is 0.490 e. The van der Waals surface area contributed by atoms with Crippen LogP contribution in [-0.2, 0) is 0 Å². The monoisotopic (exact) mass is 377 g/mol. The maximum absolute atomic E-state index is 8.68. The second-order valence-electron chi connectivity index (χ2n) is 5.94. The third-order valence-electron chi connectivity index (χ3n) is 4.04. The van der Waals surface area contributed by atoms with Crippen molar-refractivity contribution >= 4 is 6.21 Å². The van der Waals surface area contributed by atoms with Gasteiger partial charge in [-0.15, -0.1) is 0 Å². The Bertz CT molecular complexity index is 909. The van der Waals surface area contributed by atoms with Crippen LogP contribution >= 0.6 is 0 Å². The van der Waals surface area contributed by atoms with E-state index in [-0.39, 0.29) is 0 Å². The highest BCUT2D eigenvalue weighted by molar-refractivity contribution is 5.80. The summed E-state index contributed by atoms with van der Waals surface area (Å²) in [5, 5.41) is 11.7. The van der Waals surface area contributed by atoms with E-state index in [0.717, 1.165) is 22.4 Å². The summed E-state index contributed by atoms with van der Waals surface area (Å²) in [6, 6.07) is 23.4. The van der Waals surface area contributed by atoms with E-state index in [9.17, 15) is 0 Å². The quantitative estimate of drug-likeness (QED) is 0.246. The molecule has 3 aromatic rings. The number of oxime groups is 1. The lowest BCUT2D eigenvalue weighted by Gasteiger charge is -2.14. The van der Waals surface area contributed by atoms with Crippen LogP contribution in [0.25, 0.3) is 11.1 Å². The zero-order valence-electron chi connectivity index (χ0n) is 15.7. The lowest BCUT2D eigenvalue weighted by molar-refractivity contribution is 0.209. The van der Waals surface area contributed by atoms with Crippen LogP contribution in [0.3, 0.4) is 0 Å². The van der Waals surface area contributed by atoms with Crippen molar-refractivity contribution in [3.05, 3.63) is 78.4 Å². The maximum atomic E-state index is 8.68. The summed E-state index contributed by atoms with van der Waals surface area (Å²) >= 11 is 0. The minimum absolute atomic E-state index is 0.372. The first-order valence-electron chi connectivity index (χ1n) is 9.16. The first kappa shape index (κ1) is 19.3. The van der Waals surface area contributed by atoms with Gasteiger partial charge in [-0.1, -0.05) is 53.7 Å². The fourth-order valence-corrected chi connectivity index (χ4v) is 2.81. The molecule has 144 valence electrons. The summed E-state index contributed by atoms with van der Waals surface area (Å²) in [4.78, 5) is 0. The third-order valence-corrected chi connectivity index (χ3v) is 4.04. The molecule has 0 heterocycles. The second kappa shape index (κ2) is 10.0. The summed E-state index contributed by atoms with van der Waals surface area (Å²) in [5.41, 5.74) is 2.89. The van der Waals surface area contributed by atoms with Gasteiger partial charge in [0.05, 0.1) is 12.8 Å². The van der Waals surface area contributed by atoms with Gasteiger partial charge in [0.25, 0.3) is 0 Å². The highest BCUT2D eigenvalue weighted by Gasteiger charge is 2.08. The third kappa shape index (κ3) is 5.04. The Balaban J connectivity index is 1.63. The number of ether oxygens (including phenoxy) is 3. The van der Waals surface area contributed by atoms with Crippen molar-refractivity contribution in [3.63, 3.8) is 0 Å². The number of benzene rings is 3. The van der Waals surface area contributed by atoms with Crippen molar-refractivity contribution < 1.29 is 19.4 Å². The summed E-state index contributed by atoms with van der Waals surface area (Å²) < 4.78 is 17.4. The lowest BCUT2D eigenvalue weighted by Crippen LogP contribution is -2.10. The summed E-state index contributed by atoms with van der Waals surface area (Å²) in [7, 11) is 0. The average molecular weight is 377 g/mol. The van der Waals surface area contributed by atoms with Crippen molar-refractivity contribution in [2.24, 2.45) is 5.16 Å². The SMILES string of the molecule is CCOc1cc(C=NO)ccc1OCCOc1ccccc1-c1ccccc1. The summed E-state index contributed by atoms with van der Waals surface area (Å²) in [5.74, 6) is 2.04. The Kier molecular flexibility index (Phi) is 6.90. The first-order valence-corrected chi connectivity index (χ1v) is 9.16. The second-order valence-corrected chi connectivity index (χ2v) is 5.94. The van der Waals surface area contributed by atoms with E-state index in [2.05, 4.69) is 17.3 Å². The van der Waals surface area contributed by atoms with Crippen molar-refractivity contribution in [2.45, 2.75) is 6.92 Å². The van der Waals surface area contributed by atoms with Crippen molar-refractivity contribution in [1.82, 2.24) is 0 Å². The summed E-state index contributed by atoms with van der Waals surface area (Å²) in [6.07, 6.45) is 1.34. The Morgan fingerprint density at radius 3 is 2.25 bits per heavy atom. The molecule has 0 amide bonds. The number of nitrogens with zero attached hydrogens (tertiary/aromatic N) is 1. The van der Waals surface area contributed by atoms with E-state index in [0.29, 0.717) is 31.3 Å². The molecule has 0 atom stereocenters. The van der Waals surface area contributed by atoms with Crippen LogP contribution in [0.4, 0.5) is 0 Å². The smallest absolute Gasteiger partial charge is 0.161 e. The minimum Gasteiger partial charge on any atom is -0.490 e. The molecule has 0 spiro atoms. The molecule has 0 fully saturated rings. The van der Waals surface area contributed by atoms with Gasteiger partial charge >= 0.3 is 0 Å². The molecule has 0 aliphatic carbocycles. The Morgan fingerprint density at radius 2 is 1.50 bits per heavy atom. The fraction of sp³-hybridized carbons (Fsp3) is 0.174. The standard InChI is InChI=1S/C23H23NO4/c1-2-26-23-16-18(17-24-25)12-13-22(23)28-15-14-27-21-11-7-6-10-20(21)19-8-4-3-5-9-19/h3-13,16-17,25H,2,14-15H2,1H3. The van der Waals surface area contributed by atoms with Gasteiger partial charge < -0.3 is 19.4 Å². The fourth-order valence-electron chi connectivity index (χ4n) is 2.81. The van der Waals surface area contributed by atoms with Crippen LogP contribution in [0.2, 0.25) is 0 Å². The van der Waals surface area contributed by atoms with Crippen LogP contribution in [-0.4, -0.2) is 31.2 Å². The molecule has 1 N–H and O–H groups in total. The van der Waals surface area contributed by atoms with E-state index >= 15 is 0 Å². The molecule has 5 heteroatoms. The van der Waals surface area contributed by atoms with Crippen LogP contribution in [0.5, 0.6) is 17.2 Å². The molecule has 5 nitrogen and oxygen atoms in total. The first-order chi connectivity index (χ1) is 13.8. The van der Waals surface area contributed by atoms with Gasteiger partial charge in [-0.25, -0.2) is 0 Å². The van der Waals surface area contributed by atoms with Gasteiger partial charge in [0, 0.05) is 11.1 Å². The average Bonchev–Trinajstić information content (AvgIpc) is 2.74. The maximum Gasteiger partial charge on any atom is 0.161 e. The lowest BCUT2D eigenvalue weighted by atomic mass is 10.1. The van der Waals surface area contributed by atoms with Gasteiger partial charge in [-0.05, 0) is 36.8 Å². The molecule has 0 saturated heterocycles. The molecule has 0 aliphatic heterocycles. The van der Waals surface area contributed by atoms with Crippen LogP contribution in [0.1, 0.15) is 12.5 Å². The van der Waals surface area contributed by atoms with E-state index in [1.54, 1.807) is 18.2 Å². The molecule has 28 heavy (non-hydrogen) atoms.